The molecule has 0 spiro atoms. The summed E-state index contributed by atoms with van der Waals surface area (Å²) >= 11 is 0. The van der Waals surface area contributed by atoms with Crippen LogP contribution < -0.4 is 4.90 Å². The summed E-state index contributed by atoms with van der Waals surface area (Å²) in [7, 11) is -0.487. The van der Waals surface area contributed by atoms with Gasteiger partial charge in [0.05, 0.1) is 13.2 Å². The van der Waals surface area contributed by atoms with Crippen molar-refractivity contribution in [3.8, 4) is 0 Å². The number of hydrogen-bond acceptors (Lipinski definition) is 3. The second-order valence-corrected chi connectivity index (χ2v) is 11.6. The van der Waals surface area contributed by atoms with Crippen molar-refractivity contribution in [2.75, 3.05) is 38.3 Å². The van der Waals surface area contributed by atoms with Crippen LogP contribution in [0.3, 0.4) is 0 Å². The van der Waals surface area contributed by atoms with Crippen LogP contribution in [0.2, 0.25) is 0 Å². The van der Waals surface area contributed by atoms with Crippen LogP contribution in [0.4, 0.5) is 5.69 Å². The molecule has 0 radical (unpaired) electrons. The molecule has 0 N–H and O–H groups in total. The zero-order valence-electron chi connectivity index (χ0n) is 17.0. The minimum atomic E-state index is -2.62. The van der Waals surface area contributed by atoms with E-state index in [1.54, 1.807) is 0 Å². The van der Waals surface area contributed by atoms with Gasteiger partial charge < -0.3 is 14.2 Å². The van der Waals surface area contributed by atoms with E-state index in [9.17, 15) is 4.57 Å². The number of fused-ring (bicyclic) bond motifs is 1. The first-order valence-corrected chi connectivity index (χ1v) is 12.2. The molecule has 1 saturated heterocycles. The standard InChI is InChI=1S/C22H33N2O2P/c1-22(2)19-11-7-8-12-20(19)23(3)21(22)17-27(25,18-9-5-4-6-10-18)24-13-15-26-16-14-24/h7-8,11-12,17-18H,4-6,9-10,13-16H2,1-3H3. The molecule has 2 aliphatic heterocycles. The van der Waals surface area contributed by atoms with Crippen molar-refractivity contribution >= 4 is 13.0 Å². The number of rotatable bonds is 3. The number of ether oxygens (including phenoxy) is 1. The Bertz CT molecular complexity index is 739. The predicted molar refractivity (Wildman–Crippen MR) is 113 cm³/mol. The Morgan fingerprint density at radius 1 is 1.11 bits per heavy atom. The van der Waals surface area contributed by atoms with E-state index >= 15 is 0 Å². The highest BCUT2D eigenvalue weighted by atomic mass is 31.2. The maximum absolute atomic E-state index is 14.6. The quantitative estimate of drug-likeness (QED) is 0.667. The van der Waals surface area contributed by atoms with Gasteiger partial charge in [-0.3, -0.25) is 0 Å². The van der Waals surface area contributed by atoms with Gasteiger partial charge in [-0.15, -0.1) is 0 Å². The molecule has 0 amide bonds. The van der Waals surface area contributed by atoms with Crippen molar-refractivity contribution in [2.45, 2.75) is 57.0 Å². The van der Waals surface area contributed by atoms with Crippen LogP contribution in [0.15, 0.2) is 35.8 Å². The summed E-state index contributed by atoms with van der Waals surface area (Å²) in [4.78, 5) is 2.27. The summed E-state index contributed by atoms with van der Waals surface area (Å²) in [5.41, 5.74) is 3.94. The van der Waals surface area contributed by atoms with E-state index in [1.807, 2.05) is 0 Å². The molecule has 1 saturated carbocycles. The minimum absolute atomic E-state index is 0.123. The summed E-state index contributed by atoms with van der Waals surface area (Å²) in [5.74, 6) is 2.20. The highest BCUT2D eigenvalue weighted by Gasteiger charge is 2.44. The second-order valence-electron chi connectivity index (χ2n) is 8.75. The van der Waals surface area contributed by atoms with E-state index in [-0.39, 0.29) is 5.41 Å². The Labute approximate surface area is 164 Å². The van der Waals surface area contributed by atoms with Crippen LogP contribution in [-0.4, -0.2) is 43.7 Å². The molecule has 0 bridgehead atoms. The zero-order chi connectivity index (χ0) is 19.1. The van der Waals surface area contributed by atoms with Crippen molar-refractivity contribution in [3.63, 3.8) is 0 Å². The van der Waals surface area contributed by atoms with Gasteiger partial charge in [-0.25, -0.2) is 4.67 Å². The summed E-state index contributed by atoms with van der Waals surface area (Å²) in [5, 5.41) is 0. The molecule has 3 aliphatic rings. The van der Waals surface area contributed by atoms with Crippen LogP contribution in [0, 0.1) is 0 Å². The monoisotopic (exact) mass is 388 g/mol. The van der Waals surface area contributed by atoms with Gasteiger partial charge in [0.25, 0.3) is 0 Å². The molecule has 1 aromatic rings. The van der Waals surface area contributed by atoms with Gasteiger partial charge in [0.1, 0.15) is 0 Å². The van der Waals surface area contributed by atoms with Crippen LogP contribution in [-0.2, 0) is 14.7 Å². The third kappa shape index (κ3) is 3.30. The first kappa shape index (κ1) is 19.2. The Morgan fingerprint density at radius 3 is 2.44 bits per heavy atom. The average molecular weight is 388 g/mol. The van der Waals surface area contributed by atoms with Gasteiger partial charge in [0.2, 0.25) is 0 Å². The van der Waals surface area contributed by atoms with Crippen LogP contribution in [0.25, 0.3) is 0 Å². The third-order valence-corrected chi connectivity index (χ3v) is 10.2. The zero-order valence-corrected chi connectivity index (χ0v) is 17.9. The first-order chi connectivity index (χ1) is 12.9. The van der Waals surface area contributed by atoms with Gasteiger partial charge >= 0.3 is 0 Å². The Balaban J connectivity index is 1.78. The SMILES string of the molecule is CN1C(=CP(=O)(C2CCCCC2)N2CCOCC2)C(C)(C)c2ccccc21. The molecular weight excluding hydrogens is 355 g/mol. The van der Waals surface area contributed by atoms with Gasteiger partial charge in [-0.1, -0.05) is 51.3 Å². The minimum Gasteiger partial charge on any atom is -0.379 e. The molecule has 1 atom stereocenters. The van der Waals surface area contributed by atoms with Gasteiger partial charge in [-0.05, 0) is 24.5 Å². The lowest BCUT2D eigenvalue weighted by atomic mass is 9.84. The maximum atomic E-state index is 14.6. The molecule has 0 aromatic heterocycles. The van der Waals surface area contributed by atoms with Crippen molar-refractivity contribution in [2.24, 2.45) is 0 Å². The summed E-state index contributed by atoms with van der Waals surface area (Å²) in [6.45, 7) is 7.50. The highest BCUT2D eigenvalue weighted by molar-refractivity contribution is 7.65. The van der Waals surface area contributed by atoms with E-state index in [2.05, 4.69) is 60.5 Å². The Morgan fingerprint density at radius 2 is 1.78 bits per heavy atom. The van der Waals surface area contributed by atoms with Crippen LogP contribution in [0.5, 0.6) is 0 Å². The van der Waals surface area contributed by atoms with Crippen LogP contribution >= 0.6 is 7.29 Å². The Kier molecular flexibility index (Phi) is 5.26. The number of para-hydroxylation sites is 1. The molecule has 1 aromatic carbocycles. The number of anilines is 1. The number of hydrogen-bond donors (Lipinski definition) is 0. The highest BCUT2D eigenvalue weighted by Crippen LogP contribution is 2.62. The molecule has 2 heterocycles. The van der Waals surface area contributed by atoms with Gasteiger partial charge in [-0.2, -0.15) is 0 Å². The summed E-state index contributed by atoms with van der Waals surface area (Å²) in [6, 6.07) is 8.60. The number of morpholine rings is 1. The molecule has 27 heavy (non-hydrogen) atoms. The van der Waals surface area contributed by atoms with E-state index in [4.69, 9.17) is 4.74 Å². The molecule has 2 fully saturated rings. The number of likely N-dealkylation sites (N-methyl/N-ethyl adjacent to an activating group) is 1. The van der Waals surface area contributed by atoms with Crippen molar-refractivity contribution in [1.29, 1.82) is 0 Å². The lowest BCUT2D eigenvalue weighted by Gasteiger charge is -2.40. The molecule has 4 nitrogen and oxygen atoms in total. The van der Waals surface area contributed by atoms with Gasteiger partial charge in [0, 0.05) is 48.4 Å². The lowest BCUT2D eigenvalue weighted by molar-refractivity contribution is 0.0718. The summed E-state index contributed by atoms with van der Waals surface area (Å²) in [6.07, 6.45) is 5.89. The summed E-state index contributed by atoms with van der Waals surface area (Å²) < 4.78 is 22.5. The average Bonchev–Trinajstić information content (AvgIpc) is 2.90. The number of nitrogens with zero attached hydrogens (tertiary/aromatic N) is 2. The predicted octanol–water partition coefficient (Wildman–Crippen LogP) is 5.20. The normalized spacial score (nSPS) is 27.5. The lowest BCUT2D eigenvalue weighted by Crippen LogP contribution is -2.37. The van der Waals surface area contributed by atoms with E-state index in [0.29, 0.717) is 18.9 Å². The number of benzene rings is 1. The maximum Gasteiger partial charge on any atom is 0.176 e. The second kappa shape index (κ2) is 7.39. The fourth-order valence-electron chi connectivity index (χ4n) is 5.14. The first-order valence-electron chi connectivity index (χ1n) is 10.4. The van der Waals surface area contributed by atoms with E-state index in [0.717, 1.165) is 25.9 Å². The number of allylic oxidation sites excluding steroid dienone is 1. The van der Waals surface area contributed by atoms with E-state index < -0.39 is 7.29 Å². The third-order valence-electron chi connectivity index (χ3n) is 6.78. The van der Waals surface area contributed by atoms with Crippen molar-refractivity contribution in [1.82, 2.24) is 4.67 Å². The fourth-order valence-corrected chi connectivity index (χ4v) is 8.72. The molecule has 1 unspecified atom stereocenters. The largest absolute Gasteiger partial charge is 0.379 e. The Hall–Kier alpha value is -1.09. The van der Waals surface area contributed by atoms with Crippen molar-refractivity contribution in [3.05, 3.63) is 41.3 Å². The molecular formula is C22H33N2O2P. The van der Waals surface area contributed by atoms with Crippen LogP contribution in [0.1, 0.15) is 51.5 Å². The van der Waals surface area contributed by atoms with E-state index in [1.165, 1.54) is 36.2 Å². The smallest absolute Gasteiger partial charge is 0.176 e. The van der Waals surface area contributed by atoms with Crippen molar-refractivity contribution < 1.29 is 9.30 Å². The van der Waals surface area contributed by atoms with Gasteiger partial charge in [0.15, 0.2) is 7.29 Å². The molecule has 4 rings (SSSR count). The molecule has 5 heteroatoms. The topological polar surface area (TPSA) is 32.8 Å². The fraction of sp³-hybridized carbons (Fsp3) is 0.636. The molecule has 1 aliphatic carbocycles. The molecule has 148 valence electrons.